The highest BCUT2D eigenvalue weighted by Crippen LogP contribution is 2.30. The summed E-state index contributed by atoms with van der Waals surface area (Å²) >= 11 is 0. The van der Waals surface area contributed by atoms with E-state index in [1.54, 1.807) is 6.92 Å². The molecule has 0 saturated heterocycles. The van der Waals surface area contributed by atoms with Crippen LogP contribution in [0.4, 0.5) is 0 Å². The molecule has 0 radical (unpaired) electrons. The molecule has 0 saturated carbocycles. The highest BCUT2D eigenvalue weighted by Gasteiger charge is 2.22. The Balaban J connectivity index is 2.59. The van der Waals surface area contributed by atoms with Crippen LogP contribution in [0.15, 0.2) is 35.7 Å². The molecule has 1 aliphatic carbocycles. The maximum atomic E-state index is 11.3. The standard InChI is InChI=1S/C15H16N2O4/c1-8-14(19)13(10(7-18)6-17-8)5-9-4-11(16)2-3-12(9)15(20)21/h2-6,12,18-19H,7,16H2,1H3,(H,20,21). The van der Waals surface area contributed by atoms with Crippen molar-refractivity contribution in [2.24, 2.45) is 11.7 Å². The third kappa shape index (κ3) is 2.95. The van der Waals surface area contributed by atoms with Gasteiger partial charge in [-0.05, 0) is 30.7 Å². The van der Waals surface area contributed by atoms with Crippen molar-refractivity contribution >= 4 is 12.0 Å². The summed E-state index contributed by atoms with van der Waals surface area (Å²) in [6, 6.07) is 0. The minimum atomic E-state index is -1.02. The van der Waals surface area contributed by atoms with E-state index >= 15 is 0 Å². The third-order valence-corrected chi connectivity index (χ3v) is 3.28. The van der Waals surface area contributed by atoms with Gasteiger partial charge in [-0.1, -0.05) is 6.08 Å². The Morgan fingerprint density at radius 1 is 1.52 bits per heavy atom. The first-order valence-corrected chi connectivity index (χ1v) is 6.32. The normalized spacial score (nSPS) is 19.6. The quantitative estimate of drug-likeness (QED) is 0.661. The van der Waals surface area contributed by atoms with Gasteiger partial charge in [0.1, 0.15) is 11.7 Å². The number of aliphatic carboxylic acids is 1. The van der Waals surface area contributed by atoms with Gasteiger partial charge >= 0.3 is 5.97 Å². The van der Waals surface area contributed by atoms with Gasteiger partial charge in [-0.2, -0.15) is 0 Å². The van der Waals surface area contributed by atoms with Crippen LogP contribution < -0.4 is 5.73 Å². The lowest BCUT2D eigenvalue weighted by Gasteiger charge is -2.16. The summed E-state index contributed by atoms with van der Waals surface area (Å²) < 4.78 is 0. The van der Waals surface area contributed by atoms with Crippen LogP contribution in [-0.2, 0) is 11.4 Å². The molecule has 0 fully saturated rings. The second-order valence-electron chi connectivity index (χ2n) is 4.75. The molecule has 6 nitrogen and oxygen atoms in total. The minimum Gasteiger partial charge on any atom is -0.505 e. The van der Waals surface area contributed by atoms with E-state index in [1.807, 2.05) is 0 Å². The number of hydrogen-bond acceptors (Lipinski definition) is 5. The summed E-state index contributed by atoms with van der Waals surface area (Å²) in [5, 5.41) is 28.7. The van der Waals surface area contributed by atoms with Gasteiger partial charge in [0, 0.05) is 23.0 Å². The maximum Gasteiger partial charge on any atom is 0.314 e. The largest absolute Gasteiger partial charge is 0.505 e. The van der Waals surface area contributed by atoms with Crippen LogP contribution in [0.25, 0.3) is 6.08 Å². The Kier molecular flexibility index (Phi) is 4.09. The van der Waals surface area contributed by atoms with Crippen LogP contribution in [0, 0.1) is 12.8 Å². The van der Waals surface area contributed by atoms with E-state index in [0.717, 1.165) is 0 Å². The number of aromatic nitrogens is 1. The number of nitrogens with two attached hydrogens (primary N) is 1. The number of aliphatic hydroxyl groups excluding tert-OH is 1. The summed E-state index contributed by atoms with van der Waals surface area (Å²) in [6.45, 7) is 1.31. The third-order valence-electron chi connectivity index (χ3n) is 3.28. The number of rotatable bonds is 3. The Hall–Kier alpha value is -2.60. The van der Waals surface area contributed by atoms with Crippen LogP contribution in [0.2, 0.25) is 0 Å². The molecule has 1 aromatic heterocycles. The first-order chi connectivity index (χ1) is 9.93. The molecular weight excluding hydrogens is 272 g/mol. The first-order valence-electron chi connectivity index (χ1n) is 6.32. The molecule has 5 N–H and O–H groups in total. The molecule has 0 aromatic carbocycles. The van der Waals surface area contributed by atoms with E-state index in [4.69, 9.17) is 5.73 Å². The van der Waals surface area contributed by atoms with Crippen LogP contribution in [0.3, 0.4) is 0 Å². The summed E-state index contributed by atoms with van der Waals surface area (Å²) in [5.74, 6) is -1.95. The fourth-order valence-electron chi connectivity index (χ4n) is 2.11. The SMILES string of the molecule is Cc1ncc(CO)c(C=C2C=C(N)C=CC2C(=O)O)c1O. The summed E-state index contributed by atoms with van der Waals surface area (Å²) in [6.07, 6.45) is 7.51. The molecule has 0 aliphatic heterocycles. The molecule has 0 spiro atoms. The lowest BCUT2D eigenvalue weighted by Crippen LogP contribution is -2.16. The number of aryl methyl sites for hydroxylation is 1. The Bertz CT molecular complexity index is 674. The van der Waals surface area contributed by atoms with Gasteiger partial charge < -0.3 is 21.1 Å². The van der Waals surface area contributed by atoms with Gasteiger partial charge in [0.05, 0.1) is 12.3 Å². The Morgan fingerprint density at radius 3 is 2.86 bits per heavy atom. The van der Waals surface area contributed by atoms with Crippen molar-refractivity contribution < 1.29 is 20.1 Å². The minimum absolute atomic E-state index is 0.0836. The van der Waals surface area contributed by atoms with Crippen LogP contribution in [0.5, 0.6) is 5.75 Å². The fourth-order valence-corrected chi connectivity index (χ4v) is 2.11. The van der Waals surface area contributed by atoms with Gasteiger partial charge in [0.25, 0.3) is 0 Å². The van der Waals surface area contributed by atoms with E-state index in [9.17, 15) is 20.1 Å². The zero-order valence-corrected chi connectivity index (χ0v) is 11.4. The van der Waals surface area contributed by atoms with Crippen LogP contribution in [-0.4, -0.2) is 26.3 Å². The smallest absolute Gasteiger partial charge is 0.314 e. The molecular formula is C15H16N2O4. The van der Waals surface area contributed by atoms with Gasteiger partial charge in [-0.25, -0.2) is 0 Å². The van der Waals surface area contributed by atoms with Gasteiger partial charge in [-0.3, -0.25) is 9.78 Å². The predicted octanol–water partition coefficient (Wildman–Crippen LogP) is 1.08. The van der Waals surface area contributed by atoms with Crippen molar-refractivity contribution in [1.82, 2.24) is 4.98 Å². The average Bonchev–Trinajstić information content (AvgIpc) is 2.44. The van der Waals surface area contributed by atoms with Gasteiger partial charge in [-0.15, -0.1) is 0 Å². The molecule has 110 valence electrons. The van der Waals surface area contributed by atoms with E-state index in [0.29, 0.717) is 28.1 Å². The number of carboxylic acid groups (broad SMARTS) is 1. The van der Waals surface area contributed by atoms with Crippen molar-refractivity contribution in [3.63, 3.8) is 0 Å². The number of allylic oxidation sites excluding steroid dienone is 2. The predicted molar refractivity (Wildman–Crippen MR) is 77.1 cm³/mol. The van der Waals surface area contributed by atoms with Gasteiger partial charge in [0.2, 0.25) is 0 Å². The van der Waals surface area contributed by atoms with Gasteiger partial charge in [0.15, 0.2) is 0 Å². The maximum absolute atomic E-state index is 11.3. The molecule has 6 heteroatoms. The summed E-state index contributed by atoms with van der Waals surface area (Å²) in [4.78, 5) is 15.2. The Labute approximate surface area is 121 Å². The zero-order chi connectivity index (χ0) is 15.6. The fraction of sp³-hybridized carbons (Fsp3) is 0.200. The zero-order valence-electron chi connectivity index (χ0n) is 11.4. The molecule has 1 aliphatic rings. The molecule has 1 heterocycles. The number of aromatic hydroxyl groups is 1. The summed E-state index contributed by atoms with van der Waals surface area (Å²) in [5.41, 5.74) is 7.71. The lowest BCUT2D eigenvalue weighted by atomic mass is 9.91. The number of aliphatic hydroxyl groups is 1. The lowest BCUT2D eigenvalue weighted by molar-refractivity contribution is -0.138. The van der Waals surface area contributed by atoms with E-state index in [-0.39, 0.29) is 12.4 Å². The number of hydrogen-bond donors (Lipinski definition) is 4. The highest BCUT2D eigenvalue weighted by atomic mass is 16.4. The molecule has 0 bridgehead atoms. The molecule has 1 unspecified atom stereocenters. The van der Waals surface area contributed by atoms with Crippen molar-refractivity contribution in [2.75, 3.05) is 0 Å². The van der Waals surface area contributed by atoms with Crippen molar-refractivity contribution in [2.45, 2.75) is 13.5 Å². The number of carboxylic acids is 1. The number of nitrogens with zero attached hydrogens (tertiary/aromatic N) is 1. The van der Waals surface area contributed by atoms with E-state index in [1.165, 1.54) is 30.5 Å². The van der Waals surface area contributed by atoms with Crippen molar-refractivity contribution in [3.8, 4) is 5.75 Å². The molecule has 21 heavy (non-hydrogen) atoms. The summed E-state index contributed by atoms with van der Waals surface area (Å²) in [7, 11) is 0. The first kappa shape index (κ1) is 14.8. The Morgan fingerprint density at radius 2 is 2.24 bits per heavy atom. The topological polar surface area (TPSA) is 117 Å². The van der Waals surface area contributed by atoms with Crippen LogP contribution in [0.1, 0.15) is 16.8 Å². The van der Waals surface area contributed by atoms with Crippen LogP contribution >= 0.6 is 0 Å². The second kappa shape index (κ2) is 5.80. The number of pyridine rings is 1. The molecule has 1 aromatic rings. The van der Waals surface area contributed by atoms with Crippen molar-refractivity contribution in [3.05, 3.63) is 52.5 Å². The van der Waals surface area contributed by atoms with E-state index < -0.39 is 11.9 Å². The monoisotopic (exact) mass is 288 g/mol. The average molecular weight is 288 g/mol. The molecule has 0 amide bonds. The van der Waals surface area contributed by atoms with Crippen molar-refractivity contribution in [1.29, 1.82) is 0 Å². The highest BCUT2D eigenvalue weighted by molar-refractivity contribution is 5.81. The van der Waals surface area contributed by atoms with E-state index in [2.05, 4.69) is 4.98 Å². The molecule has 2 rings (SSSR count). The second-order valence-corrected chi connectivity index (χ2v) is 4.75. The molecule has 1 atom stereocenters. The number of carbonyl (C=O) groups is 1.